The minimum Gasteiger partial charge on any atom is -0.258 e. The zero-order valence-corrected chi connectivity index (χ0v) is 9.58. The summed E-state index contributed by atoms with van der Waals surface area (Å²) in [5, 5.41) is 12.0. The summed E-state index contributed by atoms with van der Waals surface area (Å²) in [7, 11) is 0. The van der Waals surface area contributed by atoms with Crippen LogP contribution in [0.3, 0.4) is 0 Å². The van der Waals surface area contributed by atoms with Gasteiger partial charge in [-0.15, -0.1) is 0 Å². The maximum atomic E-state index is 10.8. The van der Waals surface area contributed by atoms with Gasteiger partial charge in [-0.25, -0.2) is 4.98 Å². The van der Waals surface area contributed by atoms with Gasteiger partial charge in [0.25, 0.3) is 5.69 Å². The lowest BCUT2D eigenvalue weighted by molar-refractivity contribution is -0.383. The number of nitrogens with zero attached hydrogens (tertiary/aromatic N) is 2. The number of rotatable bonds is 1. The predicted molar refractivity (Wildman–Crippen MR) is 62.9 cm³/mol. The number of nitro benzene ring substituents is 1. The number of para-hydroxylation sites is 1. The molecule has 2 rings (SSSR count). The van der Waals surface area contributed by atoms with E-state index in [1.54, 1.807) is 19.1 Å². The zero-order valence-electron chi connectivity index (χ0n) is 8.82. The van der Waals surface area contributed by atoms with Gasteiger partial charge in [-0.1, -0.05) is 23.7 Å². The highest BCUT2D eigenvalue weighted by Gasteiger charge is 2.16. The summed E-state index contributed by atoms with van der Waals surface area (Å²) in [5.74, 6) is 0. The maximum absolute atomic E-state index is 10.8. The maximum Gasteiger partial charge on any atom is 0.295 e. The number of pyridine rings is 1. The molecule has 1 aromatic carbocycles. The van der Waals surface area contributed by atoms with Crippen LogP contribution in [0.1, 0.15) is 11.3 Å². The van der Waals surface area contributed by atoms with Crippen LogP contribution >= 0.6 is 11.6 Å². The summed E-state index contributed by atoms with van der Waals surface area (Å²) in [6.45, 7) is 3.64. The summed E-state index contributed by atoms with van der Waals surface area (Å²) in [4.78, 5) is 14.6. The van der Waals surface area contributed by atoms with Crippen molar-refractivity contribution < 1.29 is 4.92 Å². The number of benzene rings is 1. The fourth-order valence-corrected chi connectivity index (χ4v) is 1.87. The molecule has 82 valence electrons. The van der Waals surface area contributed by atoms with Crippen molar-refractivity contribution in [3.63, 3.8) is 0 Å². The fourth-order valence-electron chi connectivity index (χ4n) is 1.59. The molecule has 5 heteroatoms. The van der Waals surface area contributed by atoms with E-state index in [0.717, 1.165) is 5.56 Å². The zero-order chi connectivity index (χ0) is 11.9. The summed E-state index contributed by atoms with van der Waals surface area (Å²) in [5.41, 5.74) is 1.91. The molecular formula is C11H9ClN2O2. The Hall–Kier alpha value is -1.68. The molecule has 4 nitrogen and oxygen atoms in total. The molecule has 0 saturated carbocycles. The second kappa shape index (κ2) is 3.72. The van der Waals surface area contributed by atoms with Gasteiger partial charge in [-0.2, -0.15) is 0 Å². The molecule has 0 aliphatic rings. The van der Waals surface area contributed by atoms with Crippen molar-refractivity contribution in [1.29, 1.82) is 0 Å². The van der Waals surface area contributed by atoms with Gasteiger partial charge in [-0.05, 0) is 19.4 Å². The Bertz CT molecular complexity index is 596. The number of nitro groups is 1. The lowest BCUT2D eigenvalue weighted by Crippen LogP contribution is -1.95. The first-order valence-corrected chi connectivity index (χ1v) is 5.10. The minimum atomic E-state index is -0.444. The molecule has 0 unspecified atom stereocenters. The molecule has 2 aromatic rings. The van der Waals surface area contributed by atoms with Gasteiger partial charge in [0, 0.05) is 17.1 Å². The van der Waals surface area contributed by atoms with Crippen molar-refractivity contribution in [2.24, 2.45) is 0 Å². The molecule has 1 aromatic heterocycles. The molecule has 0 aliphatic carbocycles. The largest absolute Gasteiger partial charge is 0.295 e. The molecule has 0 radical (unpaired) electrons. The quantitative estimate of drug-likeness (QED) is 0.563. The molecule has 0 bridgehead atoms. The minimum absolute atomic E-state index is 0.0116. The van der Waals surface area contributed by atoms with Crippen LogP contribution in [0.15, 0.2) is 18.2 Å². The van der Waals surface area contributed by atoms with Crippen LogP contribution in [0, 0.1) is 24.0 Å². The van der Waals surface area contributed by atoms with Crippen molar-refractivity contribution in [3.05, 3.63) is 44.6 Å². The van der Waals surface area contributed by atoms with Crippen LogP contribution in [0.4, 0.5) is 5.69 Å². The van der Waals surface area contributed by atoms with E-state index in [1.807, 2.05) is 6.92 Å². The summed E-state index contributed by atoms with van der Waals surface area (Å²) in [6, 6.07) is 4.79. The molecule has 1 heterocycles. The number of hydrogen-bond donors (Lipinski definition) is 0. The third-order valence-corrected chi connectivity index (χ3v) is 3.09. The third-order valence-electron chi connectivity index (χ3n) is 2.60. The van der Waals surface area contributed by atoms with Gasteiger partial charge in [0.1, 0.15) is 5.52 Å². The van der Waals surface area contributed by atoms with Crippen molar-refractivity contribution in [2.45, 2.75) is 13.8 Å². The molecule has 0 N–H and O–H groups in total. The molecule has 0 fully saturated rings. The molecule has 0 aliphatic heterocycles. The molecular weight excluding hydrogens is 228 g/mol. The van der Waals surface area contributed by atoms with E-state index in [2.05, 4.69) is 4.98 Å². The normalized spacial score (nSPS) is 10.7. The third kappa shape index (κ3) is 1.51. The van der Waals surface area contributed by atoms with Gasteiger partial charge < -0.3 is 0 Å². The van der Waals surface area contributed by atoms with Crippen LogP contribution in [-0.2, 0) is 0 Å². The lowest BCUT2D eigenvalue weighted by Gasteiger charge is -2.06. The highest BCUT2D eigenvalue weighted by atomic mass is 35.5. The second-order valence-electron chi connectivity index (χ2n) is 3.57. The Labute approximate surface area is 97.0 Å². The number of aromatic nitrogens is 1. The first-order chi connectivity index (χ1) is 7.52. The predicted octanol–water partition coefficient (Wildman–Crippen LogP) is 3.41. The van der Waals surface area contributed by atoms with Crippen molar-refractivity contribution in [2.75, 3.05) is 0 Å². The SMILES string of the molecule is Cc1nc2c([N+](=O)[O-])cccc2c(Cl)c1C. The van der Waals surface area contributed by atoms with Gasteiger partial charge in [-0.3, -0.25) is 10.1 Å². The van der Waals surface area contributed by atoms with E-state index in [-0.39, 0.29) is 5.69 Å². The first kappa shape index (κ1) is 10.8. The molecule has 0 saturated heterocycles. The smallest absolute Gasteiger partial charge is 0.258 e. The van der Waals surface area contributed by atoms with Crippen molar-refractivity contribution in [1.82, 2.24) is 4.98 Å². The number of aryl methyl sites for hydroxylation is 1. The van der Waals surface area contributed by atoms with E-state index in [9.17, 15) is 10.1 Å². The molecule has 0 spiro atoms. The Morgan fingerprint density at radius 2 is 2.06 bits per heavy atom. The molecule has 16 heavy (non-hydrogen) atoms. The number of halogens is 1. The number of non-ortho nitro benzene ring substituents is 1. The van der Waals surface area contributed by atoms with E-state index >= 15 is 0 Å². The Morgan fingerprint density at radius 1 is 1.38 bits per heavy atom. The molecule has 0 atom stereocenters. The number of hydrogen-bond acceptors (Lipinski definition) is 3. The van der Waals surface area contributed by atoms with Crippen molar-refractivity contribution in [3.8, 4) is 0 Å². The van der Waals surface area contributed by atoms with Gasteiger partial charge in [0.05, 0.1) is 9.95 Å². The average molecular weight is 237 g/mol. The number of fused-ring (bicyclic) bond motifs is 1. The highest BCUT2D eigenvalue weighted by molar-refractivity contribution is 6.36. The summed E-state index contributed by atoms with van der Waals surface area (Å²) >= 11 is 6.15. The average Bonchev–Trinajstić information content (AvgIpc) is 2.25. The first-order valence-electron chi connectivity index (χ1n) is 4.72. The van der Waals surface area contributed by atoms with E-state index in [1.165, 1.54) is 6.07 Å². The van der Waals surface area contributed by atoms with Crippen LogP contribution in [0.2, 0.25) is 5.02 Å². The monoisotopic (exact) mass is 236 g/mol. The van der Waals surface area contributed by atoms with Crippen LogP contribution in [0.5, 0.6) is 0 Å². The molecule has 0 amide bonds. The summed E-state index contributed by atoms with van der Waals surface area (Å²) < 4.78 is 0. The van der Waals surface area contributed by atoms with Crippen LogP contribution < -0.4 is 0 Å². The second-order valence-corrected chi connectivity index (χ2v) is 3.94. The highest BCUT2D eigenvalue weighted by Crippen LogP contribution is 2.32. The standard InChI is InChI=1S/C11H9ClN2O2/c1-6-7(2)13-11-8(10(6)12)4-3-5-9(11)14(15)16/h3-5H,1-2H3. The topological polar surface area (TPSA) is 56.0 Å². The van der Waals surface area contributed by atoms with Gasteiger partial charge >= 0.3 is 0 Å². The summed E-state index contributed by atoms with van der Waals surface area (Å²) in [6.07, 6.45) is 0. The Morgan fingerprint density at radius 3 is 2.69 bits per heavy atom. The van der Waals surface area contributed by atoms with Crippen molar-refractivity contribution >= 4 is 28.2 Å². The lowest BCUT2D eigenvalue weighted by atomic mass is 10.1. The van der Waals surface area contributed by atoms with Gasteiger partial charge in [0.2, 0.25) is 0 Å². The Kier molecular flexibility index (Phi) is 2.52. The van der Waals surface area contributed by atoms with Crippen LogP contribution in [0.25, 0.3) is 10.9 Å². The Balaban J connectivity index is 2.95. The van der Waals surface area contributed by atoms with Crippen LogP contribution in [-0.4, -0.2) is 9.91 Å². The van der Waals surface area contributed by atoms with Gasteiger partial charge in [0.15, 0.2) is 0 Å². The van der Waals surface area contributed by atoms with E-state index < -0.39 is 4.92 Å². The van der Waals surface area contributed by atoms with E-state index in [0.29, 0.717) is 21.6 Å². The fraction of sp³-hybridized carbons (Fsp3) is 0.182. The van der Waals surface area contributed by atoms with E-state index in [4.69, 9.17) is 11.6 Å².